The molecule has 5 rings (SSSR count). The number of phenolic OH excluding ortho intramolecular Hbond substituents is 1. The highest BCUT2D eigenvalue weighted by atomic mass is 35.5. The summed E-state index contributed by atoms with van der Waals surface area (Å²) in [6.45, 7) is 2.51. The molecule has 0 bridgehead atoms. The minimum atomic E-state index is 0.272. The van der Waals surface area contributed by atoms with Gasteiger partial charge in [0, 0.05) is 18.1 Å². The van der Waals surface area contributed by atoms with E-state index in [0.717, 1.165) is 29.7 Å². The number of aryl methyl sites for hydroxylation is 1. The van der Waals surface area contributed by atoms with E-state index in [9.17, 15) is 5.11 Å². The number of hydrogen-bond acceptors (Lipinski definition) is 3. The van der Waals surface area contributed by atoms with Gasteiger partial charge in [-0.2, -0.15) is 0 Å². The summed E-state index contributed by atoms with van der Waals surface area (Å²) < 4.78 is 5.47. The van der Waals surface area contributed by atoms with Crippen LogP contribution in [0, 0.1) is 17.3 Å². The molecule has 0 amide bonds. The third kappa shape index (κ3) is 3.00. The van der Waals surface area contributed by atoms with Gasteiger partial charge in [0.25, 0.3) is 0 Å². The van der Waals surface area contributed by atoms with Crippen molar-refractivity contribution in [3.8, 4) is 11.5 Å². The first-order valence-corrected chi connectivity index (χ1v) is 11.7. The smallest absolute Gasteiger partial charge is 0.138 e. The fraction of sp³-hybridized carbons (Fsp3) is 0.538. The molecule has 5 atom stereocenters. The van der Waals surface area contributed by atoms with Gasteiger partial charge in [0.05, 0.1) is 12.8 Å². The molecule has 3 nitrogen and oxygen atoms in total. The molecule has 0 aliphatic heterocycles. The van der Waals surface area contributed by atoms with Gasteiger partial charge in [-0.1, -0.05) is 24.6 Å². The maximum Gasteiger partial charge on any atom is 0.138 e. The Balaban J connectivity index is 1.43. The summed E-state index contributed by atoms with van der Waals surface area (Å²) >= 11 is 6.25. The van der Waals surface area contributed by atoms with E-state index in [2.05, 4.69) is 37.1 Å². The summed E-state index contributed by atoms with van der Waals surface area (Å²) in [6, 6.07) is 12.5. The van der Waals surface area contributed by atoms with Crippen molar-refractivity contribution in [3.63, 3.8) is 0 Å². The van der Waals surface area contributed by atoms with Crippen molar-refractivity contribution in [3.05, 3.63) is 52.5 Å². The van der Waals surface area contributed by atoms with Crippen LogP contribution < -0.4 is 9.64 Å². The van der Waals surface area contributed by atoms with Crippen molar-refractivity contribution in [1.82, 2.24) is 0 Å². The third-order valence-corrected chi connectivity index (χ3v) is 8.90. The van der Waals surface area contributed by atoms with Crippen LogP contribution in [0.3, 0.4) is 0 Å². The Morgan fingerprint density at radius 1 is 1.10 bits per heavy atom. The monoisotopic (exact) mass is 425 g/mol. The van der Waals surface area contributed by atoms with Crippen molar-refractivity contribution in [1.29, 1.82) is 0 Å². The Labute approximate surface area is 185 Å². The highest BCUT2D eigenvalue weighted by Crippen LogP contribution is 2.62. The summed E-state index contributed by atoms with van der Waals surface area (Å²) in [7, 11) is 3.89. The van der Waals surface area contributed by atoms with E-state index >= 15 is 0 Å². The lowest BCUT2D eigenvalue weighted by Gasteiger charge is -2.52. The molecule has 30 heavy (non-hydrogen) atoms. The van der Waals surface area contributed by atoms with Gasteiger partial charge in [-0.3, -0.25) is 0 Å². The number of hydrogen-bond donors (Lipinski definition) is 1. The largest absolute Gasteiger partial charge is 0.506 e. The van der Waals surface area contributed by atoms with Crippen molar-refractivity contribution in [2.24, 2.45) is 17.3 Å². The zero-order valence-electron chi connectivity index (χ0n) is 18.2. The zero-order chi connectivity index (χ0) is 21.0. The molecule has 0 saturated heterocycles. The Morgan fingerprint density at radius 2 is 1.93 bits per heavy atom. The van der Waals surface area contributed by atoms with Crippen molar-refractivity contribution < 1.29 is 9.84 Å². The first-order valence-electron chi connectivity index (χ1n) is 11.3. The number of aromatic hydroxyl groups is 1. The number of phenols is 1. The van der Waals surface area contributed by atoms with Gasteiger partial charge in [-0.05, 0) is 103 Å². The van der Waals surface area contributed by atoms with Gasteiger partial charge >= 0.3 is 0 Å². The van der Waals surface area contributed by atoms with E-state index in [1.165, 1.54) is 37.7 Å². The SMILES string of the molecule is COc1ccc2c(c1)CC[C@@H]1[C@@H]2CC[C@]2(C)C(N(C)c3cc(Cl)ccc3O)CC[C@@H]12. The predicted molar refractivity (Wildman–Crippen MR) is 123 cm³/mol. The molecule has 0 spiro atoms. The Morgan fingerprint density at radius 3 is 2.73 bits per heavy atom. The first-order chi connectivity index (χ1) is 14.4. The maximum atomic E-state index is 10.5. The number of rotatable bonds is 3. The second kappa shape index (κ2) is 7.37. The molecule has 4 heteroatoms. The van der Waals surface area contributed by atoms with E-state index in [-0.39, 0.29) is 5.41 Å². The summed E-state index contributed by atoms with van der Waals surface area (Å²) in [6.07, 6.45) is 7.39. The van der Waals surface area contributed by atoms with Gasteiger partial charge in [-0.25, -0.2) is 0 Å². The molecule has 2 aromatic rings. The van der Waals surface area contributed by atoms with E-state index < -0.39 is 0 Å². The van der Waals surface area contributed by atoms with E-state index in [1.54, 1.807) is 24.8 Å². The fourth-order valence-corrected chi connectivity index (χ4v) is 7.41. The standard InChI is InChI=1S/C26H32ClNO2/c1-26-13-12-20-19-8-6-18(30-3)14-16(19)4-7-21(20)22(26)9-11-25(26)28(2)23-15-17(27)5-10-24(23)29/h5-6,8,10,14-15,20-22,25,29H,4,7,9,11-13H2,1-3H3/t20-,21-,22+,25?,26+/m1/s1. The number of methoxy groups -OCH3 is 1. The molecule has 1 unspecified atom stereocenters. The van der Waals surface area contributed by atoms with Crippen LogP contribution in [0.25, 0.3) is 0 Å². The minimum Gasteiger partial charge on any atom is -0.506 e. The predicted octanol–water partition coefficient (Wildman–Crippen LogP) is 6.42. The van der Waals surface area contributed by atoms with Crippen LogP contribution in [-0.4, -0.2) is 25.3 Å². The molecule has 2 aromatic carbocycles. The second-order valence-corrected chi connectivity index (χ2v) is 10.3. The molecule has 2 fully saturated rings. The van der Waals surface area contributed by atoms with Gasteiger partial charge in [0.1, 0.15) is 11.5 Å². The van der Waals surface area contributed by atoms with Gasteiger partial charge in [0.15, 0.2) is 0 Å². The number of anilines is 1. The Kier molecular flexibility index (Phi) is 4.93. The van der Waals surface area contributed by atoms with Crippen LogP contribution in [-0.2, 0) is 6.42 Å². The third-order valence-electron chi connectivity index (χ3n) is 8.67. The fourth-order valence-electron chi connectivity index (χ4n) is 7.24. The molecule has 0 heterocycles. The first kappa shape index (κ1) is 20.1. The van der Waals surface area contributed by atoms with Crippen LogP contribution in [0.1, 0.15) is 56.1 Å². The maximum absolute atomic E-state index is 10.5. The van der Waals surface area contributed by atoms with E-state index in [1.807, 2.05) is 6.07 Å². The van der Waals surface area contributed by atoms with Gasteiger partial charge < -0.3 is 14.7 Å². The zero-order valence-corrected chi connectivity index (χ0v) is 19.0. The molecular weight excluding hydrogens is 394 g/mol. The lowest BCUT2D eigenvalue weighted by Crippen LogP contribution is -2.49. The lowest BCUT2D eigenvalue weighted by molar-refractivity contribution is 0.0485. The van der Waals surface area contributed by atoms with Crippen molar-refractivity contribution in [2.45, 2.75) is 57.4 Å². The molecule has 2 saturated carbocycles. The number of halogens is 1. The van der Waals surface area contributed by atoms with Gasteiger partial charge in [-0.15, -0.1) is 0 Å². The molecule has 1 N–H and O–H groups in total. The van der Waals surface area contributed by atoms with Crippen LogP contribution in [0.5, 0.6) is 11.5 Å². The van der Waals surface area contributed by atoms with Crippen molar-refractivity contribution in [2.75, 3.05) is 19.1 Å². The normalized spacial score (nSPS) is 32.1. The number of benzene rings is 2. The van der Waals surface area contributed by atoms with Crippen LogP contribution in [0.2, 0.25) is 5.02 Å². The molecular formula is C26H32ClNO2. The summed E-state index contributed by atoms with van der Waals surface area (Å²) in [5.74, 6) is 3.48. The Hall–Kier alpha value is -1.87. The van der Waals surface area contributed by atoms with Gasteiger partial charge in [0.2, 0.25) is 0 Å². The van der Waals surface area contributed by atoms with E-state index in [4.69, 9.17) is 16.3 Å². The lowest BCUT2D eigenvalue weighted by atomic mass is 9.55. The number of nitrogens with zero attached hydrogens (tertiary/aromatic N) is 1. The quantitative estimate of drug-likeness (QED) is 0.616. The summed E-state index contributed by atoms with van der Waals surface area (Å²) in [4.78, 5) is 2.31. The minimum absolute atomic E-state index is 0.272. The number of fused-ring (bicyclic) bond motifs is 5. The highest BCUT2D eigenvalue weighted by molar-refractivity contribution is 6.30. The van der Waals surface area contributed by atoms with Crippen LogP contribution in [0.15, 0.2) is 36.4 Å². The van der Waals surface area contributed by atoms with Crippen LogP contribution >= 0.6 is 11.6 Å². The topological polar surface area (TPSA) is 32.7 Å². The highest BCUT2D eigenvalue weighted by Gasteiger charge is 2.55. The summed E-state index contributed by atoms with van der Waals surface area (Å²) in [5.41, 5.74) is 4.19. The average Bonchev–Trinajstić information content (AvgIpc) is 3.11. The summed E-state index contributed by atoms with van der Waals surface area (Å²) in [5, 5.41) is 11.2. The van der Waals surface area contributed by atoms with Crippen molar-refractivity contribution >= 4 is 17.3 Å². The molecule has 0 radical (unpaired) electrons. The second-order valence-electron chi connectivity index (χ2n) is 9.86. The van der Waals surface area contributed by atoms with Crippen LogP contribution in [0.4, 0.5) is 5.69 Å². The average molecular weight is 426 g/mol. The molecule has 160 valence electrons. The molecule has 3 aliphatic rings. The molecule has 3 aliphatic carbocycles. The molecule has 0 aromatic heterocycles. The van der Waals surface area contributed by atoms with E-state index in [0.29, 0.717) is 22.7 Å². The Bertz CT molecular complexity index is 960. The number of ether oxygens (including phenoxy) is 1.